The molecule has 2 unspecified atom stereocenters. The molecule has 2 heterocycles. The van der Waals surface area contributed by atoms with Gasteiger partial charge in [0.25, 0.3) is 0 Å². The van der Waals surface area contributed by atoms with Crippen molar-refractivity contribution >= 4 is 11.8 Å². The summed E-state index contributed by atoms with van der Waals surface area (Å²) in [5.74, 6) is -0.0396. The van der Waals surface area contributed by atoms with Crippen LogP contribution in [0.2, 0.25) is 0 Å². The van der Waals surface area contributed by atoms with E-state index in [0.29, 0.717) is 12.1 Å². The number of hydrogen-bond donors (Lipinski definition) is 2. The Morgan fingerprint density at radius 1 is 1.21 bits per heavy atom. The Labute approximate surface area is 115 Å². The quantitative estimate of drug-likeness (QED) is 0.766. The predicted molar refractivity (Wildman–Crippen MR) is 73.6 cm³/mol. The normalized spacial score (nSPS) is 27.0. The minimum atomic E-state index is -0.445. The van der Waals surface area contributed by atoms with Crippen LogP contribution in [0.4, 0.5) is 0 Å². The molecule has 5 nitrogen and oxygen atoms in total. The molecule has 2 aliphatic rings. The van der Waals surface area contributed by atoms with Crippen LogP contribution in [0.1, 0.15) is 40.0 Å². The van der Waals surface area contributed by atoms with Gasteiger partial charge in [-0.1, -0.05) is 20.8 Å². The van der Waals surface area contributed by atoms with E-state index >= 15 is 0 Å². The second kappa shape index (κ2) is 5.49. The predicted octanol–water partition coefficient (Wildman–Crippen LogP) is 0.502. The fourth-order valence-corrected chi connectivity index (χ4v) is 2.70. The minimum Gasteiger partial charge on any atom is -0.347 e. The lowest BCUT2D eigenvalue weighted by Gasteiger charge is -2.25. The van der Waals surface area contributed by atoms with Crippen molar-refractivity contribution in [3.8, 4) is 0 Å². The molecule has 0 aromatic heterocycles. The van der Waals surface area contributed by atoms with Crippen molar-refractivity contribution in [3.63, 3.8) is 0 Å². The topological polar surface area (TPSA) is 61.4 Å². The van der Waals surface area contributed by atoms with Crippen LogP contribution >= 0.6 is 0 Å². The van der Waals surface area contributed by atoms with E-state index in [1.54, 1.807) is 0 Å². The van der Waals surface area contributed by atoms with Crippen LogP contribution in [0, 0.1) is 5.41 Å². The first-order chi connectivity index (χ1) is 8.86. The van der Waals surface area contributed by atoms with Crippen LogP contribution in [-0.2, 0) is 9.59 Å². The summed E-state index contributed by atoms with van der Waals surface area (Å²) in [7, 11) is 0. The van der Waals surface area contributed by atoms with Gasteiger partial charge >= 0.3 is 0 Å². The average molecular weight is 267 g/mol. The van der Waals surface area contributed by atoms with Crippen LogP contribution in [0.5, 0.6) is 0 Å². The molecule has 0 radical (unpaired) electrons. The van der Waals surface area contributed by atoms with Gasteiger partial charge in [-0.15, -0.1) is 0 Å². The molecule has 2 N–H and O–H groups in total. The number of rotatable bonds is 2. The largest absolute Gasteiger partial charge is 0.347 e. The van der Waals surface area contributed by atoms with Crippen molar-refractivity contribution in [1.29, 1.82) is 0 Å². The number of likely N-dealkylation sites (tertiary alicyclic amines) is 1. The van der Waals surface area contributed by atoms with E-state index < -0.39 is 5.41 Å². The van der Waals surface area contributed by atoms with Gasteiger partial charge in [-0.25, -0.2) is 0 Å². The summed E-state index contributed by atoms with van der Waals surface area (Å²) >= 11 is 0. The minimum absolute atomic E-state index is 0.0342. The molecule has 2 saturated heterocycles. The summed E-state index contributed by atoms with van der Waals surface area (Å²) < 4.78 is 0. The molecule has 108 valence electrons. The van der Waals surface area contributed by atoms with Gasteiger partial charge in [0, 0.05) is 30.6 Å². The molecular weight excluding hydrogens is 242 g/mol. The molecule has 2 bridgehead atoms. The van der Waals surface area contributed by atoms with E-state index in [9.17, 15) is 9.59 Å². The lowest BCUT2D eigenvalue weighted by atomic mass is 9.96. The lowest BCUT2D eigenvalue weighted by Crippen LogP contribution is -2.46. The third-order valence-corrected chi connectivity index (χ3v) is 3.96. The van der Waals surface area contributed by atoms with Crippen molar-refractivity contribution in [2.24, 2.45) is 5.41 Å². The molecule has 0 aromatic rings. The molecule has 0 aromatic carbocycles. The van der Waals surface area contributed by atoms with E-state index in [0.717, 1.165) is 25.9 Å². The molecule has 0 saturated carbocycles. The zero-order valence-electron chi connectivity index (χ0n) is 12.2. The van der Waals surface area contributed by atoms with Crippen molar-refractivity contribution in [1.82, 2.24) is 15.5 Å². The van der Waals surface area contributed by atoms with E-state index in [1.165, 1.54) is 6.42 Å². The Morgan fingerprint density at radius 2 is 1.89 bits per heavy atom. The molecule has 5 heteroatoms. The number of fused-ring (bicyclic) bond motifs is 2. The maximum absolute atomic E-state index is 12.1. The Bertz CT molecular complexity index is 362. The highest BCUT2D eigenvalue weighted by Gasteiger charge is 2.31. The maximum atomic E-state index is 12.1. The first-order valence-corrected chi connectivity index (χ1v) is 7.18. The van der Waals surface area contributed by atoms with Gasteiger partial charge in [-0.3, -0.25) is 9.59 Å². The molecule has 19 heavy (non-hydrogen) atoms. The average Bonchev–Trinajstić information content (AvgIpc) is 2.64. The Morgan fingerprint density at radius 3 is 2.58 bits per heavy atom. The highest BCUT2D eigenvalue weighted by molar-refractivity contribution is 5.87. The van der Waals surface area contributed by atoms with E-state index in [4.69, 9.17) is 0 Å². The number of nitrogens with one attached hydrogen (secondary N) is 2. The Balaban J connectivity index is 1.81. The second-order valence-electron chi connectivity index (χ2n) is 6.70. The number of hydrogen-bond acceptors (Lipinski definition) is 3. The molecule has 2 atom stereocenters. The molecule has 0 spiro atoms. The molecule has 2 aliphatic heterocycles. The summed E-state index contributed by atoms with van der Waals surface area (Å²) in [6.45, 7) is 7.25. The van der Waals surface area contributed by atoms with Gasteiger partial charge < -0.3 is 15.5 Å². The maximum Gasteiger partial charge on any atom is 0.242 e. The van der Waals surface area contributed by atoms with Crippen molar-refractivity contribution < 1.29 is 9.59 Å². The number of amides is 2. The zero-order chi connectivity index (χ0) is 14.0. The zero-order valence-corrected chi connectivity index (χ0v) is 12.2. The smallest absolute Gasteiger partial charge is 0.242 e. The first kappa shape index (κ1) is 14.3. The van der Waals surface area contributed by atoms with Crippen LogP contribution < -0.4 is 10.6 Å². The highest BCUT2D eigenvalue weighted by Crippen LogP contribution is 2.20. The van der Waals surface area contributed by atoms with Crippen LogP contribution in [-0.4, -0.2) is 48.4 Å². The van der Waals surface area contributed by atoms with E-state index in [-0.39, 0.29) is 18.4 Å². The summed E-state index contributed by atoms with van der Waals surface area (Å²) in [6, 6.07) is 1.02. The van der Waals surface area contributed by atoms with Gasteiger partial charge in [0.1, 0.15) is 0 Å². The number of nitrogens with zero attached hydrogens (tertiary/aromatic N) is 1. The van der Waals surface area contributed by atoms with Gasteiger partial charge in [-0.05, 0) is 19.3 Å². The molecule has 2 amide bonds. The second-order valence-corrected chi connectivity index (χ2v) is 6.70. The summed E-state index contributed by atoms with van der Waals surface area (Å²) in [5.41, 5.74) is -0.445. The summed E-state index contributed by atoms with van der Waals surface area (Å²) in [4.78, 5) is 25.8. The SMILES string of the molecule is CC(C)(C)C(=O)NCC(=O)N1CCC2CCC(C1)N2. The van der Waals surface area contributed by atoms with Crippen molar-refractivity contribution in [2.75, 3.05) is 19.6 Å². The summed E-state index contributed by atoms with van der Waals surface area (Å²) in [5, 5.41) is 6.28. The van der Waals surface area contributed by atoms with E-state index in [2.05, 4.69) is 10.6 Å². The van der Waals surface area contributed by atoms with Gasteiger partial charge in [-0.2, -0.15) is 0 Å². The van der Waals surface area contributed by atoms with Gasteiger partial charge in [0.05, 0.1) is 6.54 Å². The molecule has 0 aliphatic carbocycles. The third kappa shape index (κ3) is 3.69. The molecule has 2 fully saturated rings. The molecule has 2 rings (SSSR count). The standard InChI is InChI=1S/C14H25N3O2/c1-14(2,3)13(19)15-8-12(18)17-7-6-10-4-5-11(9-17)16-10/h10-11,16H,4-9H2,1-3H3,(H,15,19). The van der Waals surface area contributed by atoms with Crippen molar-refractivity contribution in [3.05, 3.63) is 0 Å². The number of carbonyl (C=O) groups excluding carboxylic acids is 2. The van der Waals surface area contributed by atoms with Gasteiger partial charge in [0.2, 0.25) is 11.8 Å². The third-order valence-electron chi connectivity index (χ3n) is 3.96. The van der Waals surface area contributed by atoms with Crippen molar-refractivity contribution in [2.45, 2.75) is 52.1 Å². The van der Waals surface area contributed by atoms with Gasteiger partial charge in [0.15, 0.2) is 0 Å². The highest BCUT2D eigenvalue weighted by atomic mass is 16.2. The number of carbonyl (C=O) groups is 2. The van der Waals surface area contributed by atoms with Crippen LogP contribution in [0.15, 0.2) is 0 Å². The lowest BCUT2D eigenvalue weighted by molar-refractivity contribution is -0.135. The fourth-order valence-electron chi connectivity index (χ4n) is 2.70. The monoisotopic (exact) mass is 267 g/mol. The van der Waals surface area contributed by atoms with Crippen LogP contribution in [0.3, 0.4) is 0 Å². The van der Waals surface area contributed by atoms with Crippen LogP contribution in [0.25, 0.3) is 0 Å². The first-order valence-electron chi connectivity index (χ1n) is 7.18. The van der Waals surface area contributed by atoms with E-state index in [1.807, 2.05) is 25.7 Å². The fraction of sp³-hybridized carbons (Fsp3) is 0.857. The Kier molecular flexibility index (Phi) is 4.13. The summed E-state index contributed by atoms with van der Waals surface area (Å²) in [6.07, 6.45) is 3.41. The Hall–Kier alpha value is -1.10. The molecular formula is C14H25N3O2.